The highest BCUT2D eigenvalue weighted by molar-refractivity contribution is 6.30. The predicted octanol–water partition coefficient (Wildman–Crippen LogP) is 2.30. The first kappa shape index (κ1) is 13.8. The lowest BCUT2D eigenvalue weighted by atomic mass is 10.1. The van der Waals surface area contributed by atoms with Crippen molar-refractivity contribution in [2.24, 2.45) is 10.9 Å². The molecule has 0 aliphatic heterocycles. The Morgan fingerprint density at radius 2 is 2.29 bits per heavy atom. The zero-order valence-electron chi connectivity index (χ0n) is 10.1. The number of hydrogen-bond acceptors (Lipinski definition) is 3. The van der Waals surface area contributed by atoms with Gasteiger partial charge in [-0.05, 0) is 31.2 Å². The average molecular weight is 256 g/mol. The second-order valence-corrected chi connectivity index (χ2v) is 4.43. The highest BCUT2D eigenvalue weighted by Crippen LogP contribution is 2.14. The number of likely N-dealkylation sites (N-methyl/N-ethyl adjacent to an activating group) is 1. The maximum Gasteiger partial charge on any atom is 0.156 e. The summed E-state index contributed by atoms with van der Waals surface area (Å²) in [5, 5.41) is 12.5. The van der Waals surface area contributed by atoms with Crippen LogP contribution in [0.25, 0.3) is 0 Å². The zero-order chi connectivity index (χ0) is 12.8. The second kappa shape index (κ2) is 6.47. The molecule has 0 spiro atoms. The summed E-state index contributed by atoms with van der Waals surface area (Å²) >= 11 is 5.92. The molecule has 1 unspecified atom stereocenters. The van der Waals surface area contributed by atoms with Crippen molar-refractivity contribution in [1.82, 2.24) is 4.90 Å². The van der Waals surface area contributed by atoms with Gasteiger partial charge in [-0.3, -0.25) is 4.90 Å². The minimum absolute atomic E-state index is 0.0704. The van der Waals surface area contributed by atoms with Crippen LogP contribution in [0.5, 0.6) is 0 Å². The number of amidine groups is 1. The van der Waals surface area contributed by atoms with Crippen LogP contribution in [0.2, 0.25) is 5.02 Å². The van der Waals surface area contributed by atoms with Gasteiger partial charge in [-0.25, -0.2) is 0 Å². The normalized spacial score (nSPS) is 14.0. The minimum atomic E-state index is -0.0704. The van der Waals surface area contributed by atoms with Crippen LogP contribution in [-0.4, -0.2) is 29.0 Å². The molecule has 0 saturated heterocycles. The minimum Gasteiger partial charge on any atom is -0.409 e. The highest BCUT2D eigenvalue weighted by Gasteiger charge is 2.17. The van der Waals surface area contributed by atoms with Crippen molar-refractivity contribution in [3.05, 3.63) is 34.9 Å². The van der Waals surface area contributed by atoms with Gasteiger partial charge in [-0.2, -0.15) is 0 Å². The first-order chi connectivity index (χ1) is 8.08. The molecule has 1 aromatic rings. The Morgan fingerprint density at radius 3 is 2.82 bits per heavy atom. The summed E-state index contributed by atoms with van der Waals surface area (Å²) in [7, 11) is 1.94. The summed E-state index contributed by atoms with van der Waals surface area (Å²) in [6.07, 6.45) is 0.785. The molecule has 4 nitrogen and oxygen atoms in total. The van der Waals surface area contributed by atoms with Crippen LogP contribution in [0.4, 0.5) is 0 Å². The molecule has 0 aliphatic rings. The Bertz CT molecular complexity index is 395. The summed E-state index contributed by atoms with van der Waals surface area (Å²) in [6.45, 7) is 2.70. The van der Waals surface area contributed by atoms with E-state index in [1.807, 2.05) is 43.1 Å². The fourth-order valence-electron chi connectivity index (χ4n) is 1.85. The van der Waals surface area contributed by atoms with Gasteiger partial charge in [0.1, 0.15) is 0 Å². The number of rotatable bonds is 5. The first-order valence-corrected chi connectivity index (χ1v) is 5.88. The largest absolute Gasteiger partial charge is 0.409 e. The van der Waals surface area contributed by atoms with Crippen molar-refractivity contribution < 1.29 is 5.21 Å². The van der Waals surface area contributed by atoms with Gasteiger partial charge < -0.3 is 10.9 Å². The van der Waals surface area contributed by atoms with E-state index in [-0.39, 0.29) is 11.9 Å². The van der Waals surface area contributed by atoms with Crippen LogP contribution >= 0.6 is 11.6 Å². The summed E-state index contributed by atoms with van der Waals surface area (Å²) in [5.41, 5.74) is 6.75. The van der Waals surface area contributed by atoms with Gasteiger partial charge in [0.05, 0.1) is 6.04 Å². The summed E-state index contributed by atoms with van der Waals surface area (Å²) in [4.78, 5) is 2.03. The second-order valence-electron chi connectivity index (χ2n) is 3.99. The van der Waals surface area contributed by atoms with E-state index in [1.165, 1.54) is 0 Å². The monoisotopic (exact) mass is 255 g/mol. The Hall–Kier alpha value is -1.26. The molecule has 0 heterocycles. The molecule has 1 rings (SSSR count). The lowest BCUT2D eigenvalue weighted by molar-refractivity contribution is 0.264. The quantitative estimate of drug-likeness (QED) is 0.367. The molecule has 3 N–H and O–H groups in total. The van der Waals surface area contributed by atoms with E-state index in [1.54, 1.807) is 0 Å². The van der Waals surface area contributed by atoms with Gasteiger partial charge in [0.2, 0.25) is 0 Å². The summed E-state index contributed by atoms with van der Waals surface area (Å²) in [5.74, 6) is 0.233. The Labute approximate surface area is 107 Å². The van der Waals surface area contributed by atoms with E-state index in [4.69, 9.17) is 22.5 Å². The van der Waals surface area contributed by atoms with Gasteiger partial charge >= 0.3 is 0 Å². The van der Waals surface area contributed by atoms with Gasteiger partial charge in [0.25, 0.3) is 0 Å². The molecule has 0 aromatic heterocycles. The Balaban J connectivity index is 2.73. The fourth-order valence-corrected chi connectivity index (χ4v) is 2.06. The fraction of sp³-hybridized carbons (Fsp3) is 0.417. The number of nitrogens with zero attached hydrogens (tertiary/aromatic N) is 2. The SMILES string of the molecule is CCC(C(N)=NO)N(C)Cc1cccc(Cl)c1. The van der Waals surface area contributed by atoms with Crippen molar-refractivity contribution in [2.45, 2.75) is 25.9 Å². The van der Waals surface area contributed by atoms with Crippen molar-refractivity contribution >= 4 is 17.4 Å². The molecule has 0 saturated carbocycles. The topological polar surface area (TPSA) is 61.9 Å². The van der Waals surface area contributed by atoms with Crippen molar-refractivity contribution in [2.75, 3.05) is 7.05 Å². The van der Waals surface area contributed by atoms with Gasteiger partial charge in [-0.15, -0.1) is 0 Å². The molecule has 1 aromatic carbocycles. The van der Waals surface area contributed by atoms with Crippen LogP contribution in [-0.2, 0) is 6.54 Å². The Morgan fingerprint density at radius 1 is 1.59 bits per heavy atom. The number of hydrogen-bond donors (Lipinski definition) is 2. The summed E-state index contributed by atoms with van der Waals surface area (Å²) in [6, 6.07) is 7.60. The number of oxime groups is 1. The van der Waals surface area contributed by atoms with Crippen molar-refractivity contribution in [3.8, 4) is 0 Å². The van der Waals surface area contributed by atoms with Crippen molar-refractivity contribution in [1.29, 1.82) is 0 Å². The molecule has 0 amide bonds. The van der Waals surface area contributed by atoms with Gasteiger partial charge in [0, 0.05) is 11.6 Å². The van der Waals surface area contributed by atoms with Crippen LogP contribution in [0.3, 0.4) is 0 Å². The van der Waals surface area contributed by atoms with Crippen LogP contribution < -0.4 is 5.73 Å². The van der Waals surface area contributed by atoms with E-state index in [9.17, 15) is 0 Å². The van der Waals surface area contributed by atoms with Crippen LogP contribution in [0.15, 0.2) is 29.4 Å². The van der Waals surface area contributed by atoms with Crippen molar-refractivity contribution in [3.63, 3.8) is 0 Å². The maximum absolute atomic E-state index is 8.71. The highest BCUT2D eigenvalue weighted by atomic mass is 35.5. The molecule has 1 atom stereocenters. The van der Waals surface area contributed by atoms with E-state index < -0.39 is 0 Å². The molecular formula is C12H18ClN3O. The molecule has 0 bridgehead atoms. The molecule has 94 valence electrons. The number of benzene rings is 1. The molecule has 0 aliphatic carbocycles. The van der Waals surface area contributed by atoms with E-state index in [0.29, 0.717) is 11.6 Å². The van der Waals surface area contributed by atoms with Crippen LogP contribution in [0.1, 0.15) is 18.9 Å². The molecule has 0 fully saturated rings. The molecule has 0 radical (unpaired) electrons. The van der Waals surface area contributed by atoms with Gasteiger partial charge in [-0.1, -0.05) is 35.8 Å². The molecule has 5 heteroatoms. The lowest BCUT2D eigenvalue weighted by Crippen LogP contribution is -2.41. The smallest absolute Gasteiger partial charge is 0.156 e. The molecular weight excluding hydrogens is 238 g/mol. The number of nitrogens with two attached hydrogens (primary N) is 1. The zero-order valence-corrected chi connectivity index (χ0v) is 10.9. The van der Waals surface area contributed by atoms with E-state index in [0.717, 1.165) is 12.0 Å². The average Bonchev–Trinajstić information content (AvgIpc) is 2.29. The summed E-state index contributed by atoms with van der Waals surface area (Å²) < 4.78 is 0. The Kier molecular flexibility index (Phi) is 5.25. The maximum atomic E-state index is 8.71. The molecule has 17 heavy (non-hydrogen) atoms. The standard InChI is InChI=1S/C12H18ClN3O/c1-3-11(12(14)15-17)16(2)8-9-5-4-6-10(13)7-9/h4-7,11,17H,3,8H2,1-2H3,(H2,14,15). The first-order valence-electron chi connectivity index (χ1n) is 5.50. The van der Waals surface area contributed by atoms with E-state index in [2.05, 4.69) is 5.16 Å². The van der Waals surface area contributed by atoms with Crippen LogP contribution in [0, 0.1) is 0 Å². The third kappa shape index (κ3) is 3.91. The van der Waals surface area contributed by atoms with Gasteiger partial charge in [0.15, 0.2) is 5.84 Å². The number of halogens is 1. The third-order valence-corrected chi connectivity index (χ3v) is 2.93. The third-order valence-electron chi connectivity index (χ3n) is 2.70. The van der Waals surface area contributed by atoms with E-state index >= 15 is 0 Å². The predicted molar refractivity (Wildman–Crippen MR) is 70.4 cm³/mol. The lowest BCUT2D eigenvalue weighted by Gasteiger charge is -2.25.